The van der Waals surface area contributed by atoms with Crippen LogP contribution in [0.25, 0.3) is 0 Å². The van der Waals surface area contributed by atoms with E-state index < -0.39 is 0 Å². The van der Waals surface area contributed by atoms with E-state index in [2.05, 4.69) is 61.5 Å². The molecule has 0 saturated heterocycles. The molecule has 9 atom stereocenters. The van der Waals surface area contributed by atoms with E-state index in [1.807, 2.05) is 5.57 Å². The number of hydrogen-bond acceptors (Lipinski definition) is 1. The lowest BCUT2D eigenvalue weighted by atomic mass is 9.35. The van der Waals surface area contributed by atoms with Crippen LogP contribution in [-0.2, 0) is 0 Å². The molecule has 0 unspecified atom stereocenters. The molecule has 1 nitrogen and oxygen atoms in total. The molecule has 176 valence electrons. The zero-order valence-electron chi connectivity index (χ0n) is 21.9. The second-order valence-electron chi connectivity index (χ2n) is 14.7. The van der Waals surface area contributed by atoms with Crippen molar-refractivity contribution in [1.82, 2.24) is 0 Å². The van der Waals surface area contributed by atoms with Crippen molar-refractivity contribution in [3.8, 4) is 0 Å². The number of fused-ring (bicyclic) bond motifs is 7. The highest BCUT2D eigenvalue weighted by atomic mass is 16.3. The summed E-state index contributed by atoms with van der Waals surface area (Å²) < 4.78 is 0. The second kappa shape index (κ2) is 6.64. The Kier molecular flexibility index (Phi) is 4.82. The number of hydrogen-bond donors (Lipinski definition) is 1. The number of aliphatic hydroxyl groups is 1. The minimum absolute atomic E-state index is 0.0377. The first-order valence-electron chi connectivity index (χ1n) is 13.7. The van der Waals surface area contributed by atoms with Crippen LogP contribution in [0, 0.1) is 56.7 Å². The van der Waals surface area contributed by atoms with E-state index in [4.69, 9.17) is 0 Å². The molecule has 0 bridgehead atoms. The Morgan fingerprint density at radius 2 is 1.58 bits per heavy atom. The van der Waals surface area contributed by atoms with Gasteiger partial charge in [-0.25, -0.2) is 0 Å². The maximum Gasteiger partial charge on any atom is 0.0594 e. The van der Waals surface area contributed by atoms with Gasteiger partial charge in [-0.3, -0.25) is 0 Å². The molecule has 0 aromatic rings. The number of rotatable bonds is 1. The molecule has 4 fully saturated rings. The third-order valence-corrected chi connectivity index (χ3v) is 13.1. The van der Waals surface area contributed by atoms with Crippen LogP contribution in [0.2, 0.25) is 0 Å². The van der Waals surface area contributed by atoms with Crippen LogP contribution in [0.5, 0.6) is 0 Å². The fourth-order valence-corrected chi connectivity index (χ4v) is 11.0. The molecular weight excluding hydrogens is 376 g/mol. The Hall–Kier alpha value is -0.300. The topological polar surface area (TPSA) is 20.2 Å². The fraction of sp³-hybridized carbons (Fsp3) is 0.933. The van der Waals surface area contributed by atoms with Crippen molar-refractivity contribution in [1.29, 1.82) is 0 Å². The van der Waals surface area contributed by atoms with Crippen LogP contribution in [-0.4, -0.2) is 11.2 Å². The van der Waals surface area contributed by atoms with Crippen molar-refractivity contribution < 1.29 is 5.11 Å². The Labute approximate surface area is 192 Å². The summed E-state index contributed by atoms with van der Waals surface area (Å²) in [4.78, 5) is 0. The summed E-state index contributed by atoms with van der Waals surface area (Å²) in [5.74, 6) is 3.96. The van der Waals surface area contributed by atoms with Crippen molar-refractivity contribution in [3.05, 3.63) is 11.6 Å². The minimum atomic E-state index is -0.134. The maximum absolute atomic E-state index is 10.9. The highest BCUT2D eigenvalue weighted by Crippen LogP contribution is 2.76. The summed E-state index contributed by atoms with van der Waals surface area (Å²) in [6.45, 7) is 20.4. The normalized spacial score (nSPS) is 55.7. The van der Waals surface area contributed by atoms with Gasteiger partial charge in [0, 0.05) is 0 Å². The quantitative estimate of drug-likeness (QED) is 0.421. The number of aliphatic hydroxyl groups excluding tert-OH is 1. The summed E-state index contributed by atoms with van der Waals surface area (Å²) >= 11 is 0. The summed E-state index contributed by atoms with van der Waals surface area (Å²) in [6.07, 6.45) is 14.5. The lowest BCUT2D eigenvalue weighted by Crippen LogP contribution is -2.62. The monoisotopic (exact) mass is 426 g/mol. The van der Waals surface area contributed by atoms with Crippen LogP contribution in [0.1, 0.15) is 113 Å². The van der Waals surface area contributed by atoms with Crippen molar-refractivity contribution in [2.24, 2.45) is 56.7 Å². The van der Waals surface area contributed by atoms with Crippen molar-refractivity contribution in [3.63, 3.8) is 0 Å². The maximum atomic E-state index is 10.9. The first-order valence-corrected chi connectivity index (χ1v) is 13.7. The molecule has 31 heavy (non-hydrogen) atoms. The Morgan fingerprint density at radius 1 is 0.871 bits per heavy atom. The lowest BCUT2D eigenvalue weighted by molar-refractivity contribution is -0.162. The second-order valence-corrected chi connectivity index (χ2v) is 14.7. The molecule has 1 heteroatoms. The Balaban J connectivity index is 1.58. The standard InChI is InChI=1S/C30H50O/c1-19(2)20-11-14-27(5)17-18-29(7)22-9-10-23-26(3,4)24(31)13-15-28(23,6)21(22)12-16-30(29,8)25(20)27/h9,19-21,23-25,31H,10-18H2,1-8H3/t20-,21-,23+,24+,25-,27-,28-,29-,30+/m1/s1. The molecule has 0 spiro atoms. The van der Waals surface area contributed by atoms with Crippen LogP contribution in [0.3, 0.4) is 0 Å². The average Bonchev–Trinajstić information content (AvgIpc) is 3.06. The van der Waals surface area contributed by atoms with Gasteiger partial charge in [-0.1, -0.05) is 67.0 Å². The highest BCUT2D eigenvalue weighted by molar-refractivity contribution is 5.33. The highest BCUT2D eigenvalue weighted by Gasteiger charge is 2.68. The van der Waals surface area contributed by atoms with Crippen LogP contribution >= 0.6 is 0 Å². The Morgan fingerprint density at radius 3 is 2.26 bits per heavy atom. The fourth-order valence-electron chi connectivity index (χ4n) is 11.0. The van der Waals surface area contributed by atoms with Gasteiger partial charge in [0.1, 0.15) is 0 Å². The van der Waals surface area contributed by atoms with Crippen molar-refractivity contribution in [2.75, 3.05) is 0 Å². The zero-order chi connectivity index (χ0) is 22.6. The molecule has 0 aromatic carbocycles. The van der Waals surface area contributed by atoms with Gasteiger partial charge in [-0.15, -0.1) is 0 Å². The molecule has 4 saturated carbocycles. The molecule has 5 rings (SSSR count). The summed E-state index contributed by atoms with van der Waals surface area (Å²) in [5, 5.41) is 10.9. The van der Waals surface area contributed by atoms with E-state index in [-0.39, 0.29) is 11.5 Å². The van der Waals surface area contributed by atoms with E-state index in [1.165, 1.54) is 51.4 Å². The smallest absolute Gasteiger partial charge is 0.0594 e. The van der Waals surface area contributed by atoms with Crippen LogP contribution in [0.15, 0.2) is 11.6 Å². The van der Waals surface area contributed by atoms with Crippen molar-refractivity contribution in [2.45, 2.75) is 119 Å². The molecule has 0 radical (unpaired) electrons. The van der Waals surface area contributed by atoms with Crippen molar-refractivity contribution >= 4 is 0 Å². The van der Waals surface area contributed by atoms with E-state index in [1.54, 1.807) is 0 Å². The summed E-state index contributed by atoms with van der Waals surface area (Å²) in [7, 11) is 0. The molecule has 0 aromatic heterocycles. The van der Waals surface area contributed by atoms with Gasteiger partial charge in [0.25, 0.3) is 0 Å². The first-order chi connectivity index (χ1) is 14.3. The first kappa shape index (κ1) is 22.5. The van der Waals surface area contributed by atoms with E-state index >= 15 is 0 Å². The average molecular weight is 427 g/mol. The van der Waals surface area contributed by atoms with Gasteiger partial charge in [0.15, 0.2) is 0 Å². The summed E-state index contributed by atoms with van der Waals surface area (Å²) in [6, 6.07) is 0. The lowest BCUT2D eigenvalue weighted by Gasteiger charge is -2.69. The zero-order valence-corrected chi connectivity index (χ0v) is 21.9. The van der Waals surface area contributed by atoms with Gasteiger partial charge in [-0.2, -0.15) is 0 Å². The molecule has 0 amide bonds. The van der Waals surface area contributed by atoms with Gasteiger partial charge < -0.3 is 5.11 Å². The molecule has 1 N–H and O–H groups in total. The largest absolute Gasteiger partial charge is 0.393 e. The minimum Gasteiger partial charge on any atom is -0.393 e. The van der Waals surface area contributed by atoms with Gasteiger partial charge in [0.05, 0.1) is 6.10 Å². The molecule has 5 aliphatic carbocycles. The van der Waals surface area contributed by atoms with Gasteiger partial charge in [0.2, 0.25) is 0 Å². The predicted molar refractivity (Wildman–Crippen MR) is 131 cm³/mol. The summed E-state index contributed by atoms with van der Waals surface area (Å²) in [5.41, 5.74) is 3.64. The third kappa shape index (κ3) is 2.65. The van der Waals surface area contributed by atoms with Crippen LogP contribution in [0.4, 0.5) is 0 Å². The van der Waals surface area contributed by atoms with Crippen LogP contribution < -0.4 is 0 Å². The third-order valence-electron chi connectivity index (χ3n) is 13.1. The van der Waals surface area contributed by atoms with E-state index in [0.717, 1.165) is 30.1 Å². The van der Waals surface area contributed by atoms with E-state index in [0.29, 0.717) is 27.6 Å². The SMILES string of the molecule is CC(C)[C@H]1CC[C@]2(C)CC[C@]3(C)C4=CC[C@H]5C(C)(C)[C@@H](O)CC[C@]5(C)[C@@H]4CC[C@@]3(C)[C@H]12. The molecule has 5 aliphatic rings. The Bertz CT molecular complexity index is 777. The molecule has 0 heterocycles. The number of allylic oxidation sites excluding steroid dienone is 2. The van der Waals surface area contributed by atoms with E-state index in [9.17, 15) is 5.11 Å². The molecular formula is C30H50O. The van der Waals surface area contributed by atoms with Gasteiger partial charge in [-0.05, 0) is 114 Å². The van der Waals surface area contributed by atoms with Gasteiger partial charge >= 0.3 is 0 Å². The molecule has 0 aliphatic heterocycles. The predicted octanol–water partition coefficient (Wildman–Crippen LogP) is 8.02.